The van der Waals surface area contributed by atoms with E-state index in [0.717, 1.165) is 24.8 Å². The van der Waals surface area contributed by atoms with Crippen molar-refractivity contribution in [1.29, 1.82) is 0 Å². The molecule has 0 N–H and O–H groups in total. The summed E-state index contributed by atoms with van der Waals surface area (Å²) >= 11 is 0. The first-order chi connectivity index (χ1) is 11.6. The van der Waals surface area contributed by atoms with Gasteiger partial charge in [-0.25, -0.2) is 0 Å². The molecule has 5 nitrogen and oxygen atoms in total. The predicted octanol–water partition coefficient (Wildman–Crippen LogP) is 4.40. The second kappa shape index (κ2) is 8.32. The fourth-order valence-corrected chi connectivity index (χ4v) is 3.33. The van der Waals surface area contributed by atoms with Crippen molar-refractivity contribution < 1.29 is 9.66 Å². The Balaban J connectivity index is 0.00000225. The molecule has 0 saturated carbocycles. The van der Waals surface area contributed by atoms with Crippen LogP contribution in [-0.4, -0.2) is 30.0 Å². The molecule has 0 unspecified atom stereocenters. The van der Waals surface area contributed by atoms with Crippen molar-refractivity contribution >= 4 is 18.1 Å². The highest BCUT2D eigenvalue weighted by molar-refractivity contribution is 5.85. The number of aryl methyl sites for hydroxylation is 1. The van der Waals surface area contributed by atoms with Crippen LogP contribution >= 0.6 is 12.4 Å². The zero-order valence-corrected chi connectivity index (χ0v) is 15.2. The van der Waals surface area contributed by atoms with Gasteiger partial charge in [-0.3, -0.25) is 10.1 Å². The molecule has 0 bridgehead atoms. The zero-order valence-electron chi connectivity index (χ0n) is 14.4. The van der Waals surface area contributed by atoms with Crippen LogP contribution in [0.2, 0.25) is 0 Å². The van der Waals surface area contributed by atoms with Gasteiger partial charge in [-0.2, -0.15) is 0 Å². The number of nitro benzene ring substituents is 1. The molecule has 0 amide bonds. The highest BCUT2D eigenvalue weighted by atomic mass is 35.5. The molecular weight excluding hydrogens is 340 g/mol. The molecule has 2 atom stereocenters. The predicted molar refractivity (Wildman–Crippen MR) is 101 cm³/mol. The van der Waals surface area contributed by atoms with Gasteiger partial charge in [0.05, 0.1) is 4.92 Å². The summed E-state index contributed by atoms with van der Waals surface area (Å²) in [4.78, 5) is 13.1. The molecule has 2 aromatic carbocycles. The van der Waals surface area contributed by atoms with Crippen molar-refractivity contribution in [2.45, 2.75) is 31.4 Å². The lowest BCUT2D eigenvalue weighted by Gasteiger charge is -2.26. The summed E-state index contributed by atoms with van der Waals surface area (Å²) in [6.45, 7) is 0. The molecule has 0 fully saturated rings. The SMILES string of the molecule is CN(C)[C@H]1CCc2ccccc2[C@@H](Oc2ccccc2[N+](=O)[O-])C1.Cl. The lowest BCUT2D eigenvalue weighted by Crippen LogP contribution is -2.30. The largest absolute Gasteiger partial charge is 0.479 e. The van der Waals surface area contributed by atoms with E-state index in [9.17, 15) is 10.1 Å². The van der Waals surface area contributed by atoms with Crippen molar-refractivity contribution in [3.8, 4) is 5.75 Å². The van der Waals surface area contributed by atoms with Crippen molar-refractivity contribution in [1.82, 2.24) is 4.90 Å². The van der Waals surface area contributed by atoms with Gasteiger partial charge in [0.25, 0.3) is 0 Å². The molecule has 3 rings (SSSR count). The Morgan fingerprint density at radius 3 is 2.52 bits per heavy atom. The van der Waals surface area contributed by atoms with Crippen LogP contribution in [0.15, 0.2) is 48.5 Å². The minimum absolute atomic E-state index is 0. The Kier molecular flexibility index (Phi) is 6.39. The van der Waals surface area contributed by atoms with Gasteiger partial charge in [-0.1, -0.05) is 36.4 Å². The second-order valence-corrected chi connectivity index (χ2v) is 6.42. The molecule has 0 aromatic heterocycles. The number of hydrogen-bond acceptors (Lipinski definition) is 4. The summed E-state index contributed by atoms with van der Waals surface area (Å²) in [7, 11) is 4.14. The Labute approximate surface area is 154 Å². The number of benzene rings is 2. The Bertz CT molecular complexity index is 736. The van der Waals surface area contributed by atoms with E-state index in [2.05, 4.69) is 31.1 Å². The van der Waals surface area contributed by atoms with Crippen LogP contribution in [-0.2, 0) is 6.42 Å². The van der Waals surface area contributed by atoms with Crippen LogP contribution in [0.1, 0.15) is 30.1 Å². The zero-order chi connectivity index (χ0) is 17.1. The summed E-state index contributed by atoms with van der Waals surface area (Å²) in [5.41, 5.74) is 2.42. The summed E-state index contributed by atoms with van der Waals surface area (Å²) in [5.74, 6) is 0.335. The Morgan fingerprint density at radius 1 is 1.12 bits per heavy atom. The highest BCUT2D eigenvalue weighted by Gasteiger charge is 2.28. The summed E-state index contributed by atoms with van der Waals surface area (Å²) in [6.07, 6.45) is 2.68. The van der Waals surface area contributed by atoms with Crippen LogP contribution in [0.5, 0.6) is 5.75 Å². The number of halogens is 1. The van der Waals surface area contributed by atoms with Crippen molar-refractivity contribution in [3.05, 3.63) is 69.8 Å². The van der Waals surface area contributed by atoms with E-state index in [4.69, 9.17) is 4.74 Å². The number of rotatable bonds is 4. The maximum absolute atomic E-state index is 11.3. The van der Waals surface area contributed by atoms with E-state index in [1.807, 2.05) is 12.1 Å². The van der Waals surface area contributed by atoms with E-state index in [-0.39, 0.29) is 29.1 Å². The quantitative estimate of drug-likeness (QED) is 0.459. The molecule has 0 aliphatic heterocycles. The Hall–Kier alpha value is -2.11. The Morgan fingerprint density at radius 2 is 1.80 bits per heavy atom. The van der Waals surface area contributed by atoms with Gasteiger partial charge in [-0.15, -0.1) is 12.4 Å². The average molecular weight is 363 g/mol. The van der Waals surface area contributed by atoms with E-state index in [1.165, 1.54) is 11.6 Å². The molecule has 25 heavy (non-hydrogen) atoms. The van der Waals surface area contributed by atoms with E-state index in [1.54, 1.807) is 18.2 Å². The van der Waals surface area contributed by atoms with Crippen LogP contribution in [0.4, 0.5) is 5.69 Å². The topological polar surface area (TPSA) is 55.6 Å². The average Bonchev–Trinajstić information content (AvgIpc) is 2.75. The maximum Gasteiger partial charge on any atom is 0.310 e. The van der Waals surface area contributed by atoms with Gasteiger partial charge in [0.15, 0.2) is 5.75 Å². The molecule has 134 valence electrons. The van der Waals surface area contributed by atoms with Crippen LogP contribution in [0, 0.1) is 10.1 Å². The van der Waals surface area contributed by atoms with Gasteiger partial charge in [0, 0.05) is 18.5 Å². The van der Waals surface area contributed by atoms with Gasteiger partial charge in [-0.05, 0) is 44.1 Å². The maximum atomic E-state index is 11.3. The number of hydrogen-bond donors (Lipinski definition) is 0. The van der Waals surface area contributed by atoms with Crippen LogP contribution < -0.4 is 4.74 Å². The number of fused-ring (bicyclic) bond motifs is 1. The molecule has 0 radical (unpaired) electrons. The first kappa shape index (κ1) is 19.2. The van der Waals surface area contributed by atoms with E-state index in [0.29, 0.717) is 11.8 Å². The van der Waals surface area contributed by atoms with Crippen molar-refractivity contribution in [3.63, 3.8) is 0 Å². The van der Waals surface area contributed by atoms with E-state index >= 15 is 0 Å². The summed E-state index contributed by atoms with van der Waals surface area (Å²) in [6, 6.07) is 15.2. The molecule has 1 aliphatic rings. The smallest absolute Gasteiger partial charge is 0.310 e. The van der Waals surface area contributed by atoms with Crippen molar-refractivity contribution in [2.24, 2.45) is 0 Å². The number of ether oxygens (including phenoxy) is 1. The van der Waals surface area contributed by atoms with Gasteiger partial charge < -0.3 is 9.64 Å². The number of nitro groups is 1. The fraction of sp³-hybridized carbons (Fsp3) is 0.368. The molecule has 0 saturated heterocycles. The third kappa shape index (κ3) is 4.30. The number of nitrogens with zero attached hydrogens (tertiary/aromatic N) is 2. The monoisotopic (exact) mass is 362 g/mol. The summed E-state index contributed by atoms with van der Waals surface area (Å²) in [5, 5.41) is 11.3. The molecular formula is C19H23ClN2O3. The lowest BCUT2D eigenvalue weighted by atomic mass is 10.0. The second-order valence-electron chi connectivity index (χ2n) is 6.42. The number of para-hydroxylation sites is 2. The highest BCUT2D eigenvalue weighted by Crippen LogP contribution is 2.37. The molecule has 6 heteroatoms. The van der Waals surface area contributed by atoms with Crippen LogP contribution in [0.25, 0.3) is 0 Å². The summed E-state index contributed by atoms with van der Waals surface area (Å²) < 4.78 is 6.17. The fourth-order valence-electron chi connectivity index (χ4n) is 3.33. The molecule has 0 heterocycles. The third-order valence-electron chi connectivity index (χ3n) is 4.70. The van der Waals surface area contributed by atoms with Gasteiger partial charge >= 0.3 is 5.69 Å². The minimum Gasteiger partial charge on any atom is -0.479 e. The molecule has 2 aromatic rings. The molecule has 0 spiro atoms. The van der Waals surface area contributed by atoms with Crippen molar-refractivity contribution in [2.75, 3.05) is 14.1 Å². The van der Waals surface area contributed by atoms with Gasteiger partial charge in [0.2, 0.25) is 0 Å². The molecule has 1 aliphatic carbocycles. The third-order valence-corrected chi connectivity index (χ3v) is 4.70. The van der Waals surface area contributed by atoms with E-state index < -0.39 is 0 Å². The standard InChI is InChI=1S/C19H22N2O3.ClH/c1-20(2)15-12-11-14-7-3-4-8-16(14)19(13-15)24-18-10-6-5-9-17(18)21(22)23;/h3-10,15,19H,11-13H2,1-2H3;1H/t15-,19-;/m0./s1. The first-order valence-corrected chi connectivity index (χ1v) is 8.20. The lowest BCUT2D eigenvalue weighted by molar-refractivity contribution is -0.386. The normalized spacial score (nSPS) is 19.5. The van der Waals surface area contributed by atoms with Crippen LogP contribution in [0.3, 0.4) is 0 Å². The first-order valence-electron chi connectivity index (χ1n) is 8.20. The van der Waals surface area contributed by atoms with Gasteiger partial charge in [0.1, 0.15) is 6.10 Å². The minimum atomic E-state index is -0.388.